The van der Waals surface area contributed by atoms with Crippen molar-refractivity contribution in [2.45, 2.75) is 64.2 Å². The van der Waals surface area contributed by atoms with Crippen molar-refractivity contribution in [2.24, 2.45) is 5.92 Å². The molecule has 12 heavy (non-hydrogen) atoms. The molecule has 1 aliphatic rings. The maximum Gasteiger partial charge on any atom is 0.0538 e. The third-order valence-electron chi connectivity index (χ3n) is 3.29. The van der Waals surface area contributed by atoms with Crippen molar-refractivity contribution in [1.82, 2.24) is 0 Å². The molecule has 0 aliphatic carbocycles. The Bertz CT molecular complexity index is 123. The van der Waals surface area contributed by atoms with Gasteiger partial charge in [0.05, 0.1) is 8.07 Å². The summed E-state index contributed by atoms with van der Waals surface area (Å²) in [6, 6.07) is 6.53. The Balaban J connectivity index is 2.46. The first-order valence-corrected chi connectivity index (χ1v) is 8.51. The molecule has 0 aromatic carbocycles. The molecule has 0 unspecified atom stereocenters. The lowest BCUT2D eigenvalue weighted by molar-refractivity contribution is 0.711. The molecule has 0 aromatic rings. The van der Waals surface area contributed by atoms with E-state index >= 15 is 0 Å². The topological polar surface area (TPSA) is 0 Å². The van der Waals surface area contributed by atoms with Crippen molar-refractivity contribution >= 4 is 8.07 Å². The summed E-state index contributed by atoms with van der Waals surface area (Å²) in [4.78, 5) is 0. The Morgan fingerprint density at radius 3 is 2.17 bits per heavy atom. The number of hydrogen-bond acceptors (Lipinski definition) is 0. The van der Waals surface area contributed by atoms with E-state index in [0.29, 0.717) is 0 Å². The standard InChI is InChI=1S/C11H24Si/c1-4-7-12(10-11(2)3)8-5-6-9-12/h11H,4-10H2,1-3H3. The van der Waals surface area contributed by atoms with Crippen LogP contribution in [0.4, 0.5) is 0 Å². The van der Waals surface area contributed by atoms with E-state index in [1.165, 1.54) is 6.42 Å². The zero-order valence-electron chi connectivity index (χ0n) is 9.03. The minimum Gasteiger partial charge on any atom is -0.0657 e. The molecule has 0 nitrogen and oxygen atoms in total. The van der Waals surface area contributed by atoms with Crippen molar-refractivity contribution < 1.29 is 0 Å². The number of rotatable bonds is 4. The average molecular weight is 184 g/mol. The Labute approximate surface area is 78.8 Å². The number of hydrogen-bond donors (Lipinski definition) is 0. The van der Waals surface area contributed by atoms with Gasteiger partial charge in [0.25, 0.3) is 0 Å². The van der Waals surface area contributed by atoms with Gasteiger partial charge in [0.1, 0.15) is 0 Å². The zero-order valence-corrected chi connectivity index (χ0v) is 10.0. The van der Waals surface area contributed by atoms with Gasteiger partial charge in [-0.3, -0.25) is 0 Å². The summed E-state index contributed by atoms with van der Waals surface area (Å²) in [6.45, 7) is 7.18. The van der Waals surface area contributed by atoms with E-state index in [1.807, 2.05) is 0 Å². The molecule has 72 valence electrons. The van der Waals surface area contributed by atoms with Crippen LogP contribution in [0.2, 0.25) is 24.2 Å². The summed E-state index contributed by atoms with van der Waals surface area (Å²) < 4.78 is 0. The molecule has 0 spiro atoms. The van der Waals surface area contributed by atoms with Gasteiger partial charge >= 0.3 is 0 Å². The zero-order chi connectivity index (χ0) is 9.03. The van der Waals surface area contributed by atoms with Gasteiger partial charge in [-0.25, -0.2) is 0 Å². The van der Waals surface area contributed by atoms with Crippen LogP contribution in [0.5, 0.6) is 0 Å². The van der Waals surface area contributed by atoms with Gasteiger partial charge in [0, 0.05) is 0 Å². The van der Waals surface area contributed by atoms with Gasteiger partial charge in [0.15, 0.2) is 0 Å². The highest BCUT2D eigenvalue weighted by atomic mass is 28.3. The van der Waals surface area contributed by atoms with Crippen molar-refractivity contribution in [1.29, 1.82) is 0 Å². The Morgan fingerprint density at radius 1 is 1.17 bits per heavy atom. The molecule has 1 heterocycles. The lowest BCUT2D eigenvalue weighted by atomic mass is 10.3. The smallest absolute Gasteiger partial charge is 0.0538 e. The predicted molar refractivity (Wildman–Crippen MR) is 59.3 cm³/mol. The second kappa shape index (κ2) is 4.45. The summed E-state index contributed by atoms with van der Waals surface area (Å²) in [6.07, 6.45) is 4.55. The van der Waals surface area contributed by atoms with Crippen LogP contribution >= 0.6 is 0 Å². The minimum absolute atomic E-state index is 0.695. The molecular weight excluding hydrogens is 160 g/mol. The SMILES string of the molecule is CCC[Si]1(CC(C)C)CCCC1. The molecule has 1 aliphatic heterocycles. The van der Waals surface area contributed by atoms with Gasteiger partial charge in [-0.05, 0) is 5.92 Å². The lowest BCUT2D eigenvalue weighted by Gasteiger charge is -2.28. The normalized spacial score (nSPS) is 22.0. The molecule has 0 bridgehead atoms. The lowest BCUT2D eigenvalue weighted by Crippen LogP contribution is -2.31. The van der Waals surface area contributed by atoms with E-state index in [1.54, 1.807) is 37.0 Å². The van der Waals surface area contributed by atoms with Crippen molar-refractivity contribution in [3.05, 3.63) is 0 Å². The van der Waals surface area contributed by atoms with Crippen LogP contribution in [0.25, 0.3) is 0 Å². The maximum absolute atomic E-state index is 2.41. The Kier molecular flexibility index (Phi) is 3.82. The van der Waals surface area contributed by atoms with E-state index in [4.69, 9.17) is 0 Å². The Hall–Kier alpha value is 0.217. The van der Waals surface area contributed by atoms with Crippen LogP contribution in [-0.4, -0.2) is 8.07 Å². The van der Waals surface area contributed by atoms with Crippen LogP contribution in [0.1, 0.15) is 40.0 Å². The molecule has 1 rings (SSSR count). The molecule has 0 aromatic heterocycles. The fraction of sp³-hybridized carbons (Fsp3) is 1.00. The summed E-state index contributed by atoms with van der Waals surface area (Å²) >= 11 is 0. The van der Waals surface area contributed by atoms with E-state index < -0.39 is 8.07 Å². The minimum atomic E-state index is -0.695. The third-order valence-corrected chi connectivity index (χ3v) is 9.36. The molecule has 0 atom stereocenters. The molecule has 1 heteroatoms. The van der Waals surface area contributed by atoms with E-state index in [9.17, 15) is 0 Å². The quantitative estimate of drug-likeness (QED) is 0.572. The second-order valence-corrected chi connectivity index (χ2v) is 9.96. The summed E-state index contributed by atoms with van der Waals surface area (Å²) in [5, 5.41) is 0. The van der Waals surface area contributed by atoms with Gasteiger partial charge < -0.3 is 0 Å². The molecule has 1 saturated heterocycles. The van der Waals surface area contributed by atoms with Gasteiger partial charge in [-0.2, -0.15) is 0 Å². The monoisotopic (exact) mass is 184 g/mol. The van der Waals surface area contributed by atoms with Crippen LogP contribution in [0.15, 0.2) is 0 Å². The largest absolute Gasteiger partial charge is 0.0657 e. The third kappa shape index (κ3) is 2.62. The van der Waals surface area contributed by atoms with E-state index in [0.717, 1.165) is 5.92 Å². The van der Waals surface area contributed by atoms with Gasteiger partial charge in [-0.1, -0.05) is 64.2 Å². The summed E-state index contributed by atoms with van der Waals surface area (Å²) in [5.74, 6) is 0.960. The highest BCUT2D eigenvalue weighted by Crippen LogP contribution is 2.39. The average Bonchev–Trinajstić information content (AvgIpc) is 2.36. The molecular formula is C11H24Si. The Morgan fingerprint density at radius 2 is 1.75 bits per heavy atom. The second-order valence-electron chi connectivity index (χ2n) is 5.06. The summed E-state index contributed by atoms with van der Waals surface area (Å²) in [5.41, 5.74) is 0. The molecule has 0 N–H and O–H groups in total. The molecule has 0 amide bonds. The predicted octanol–water partition coefficient (Wildman–Crippen LogP) is 4.30. The van der Waals surface area contributed by atoms with Gasteiger partial charge in [0.2, 0.25) is 0 Å². The first kappa shape index (κ1) is 10.3. The molecule has 0 saturated carbocycles. The fourth-order valence-corrected chi connectivity index (χ4v) is 9.23. The maximum atomic E-state index is 2.41. The van der Waals surface area contributed by atoms with Crippen LogP contribution in [0.3, 0.4) is 0 Å². The first-order valence-electron chi connectivity index (χ1n) is 5.68. The van der Waals surface area contributed by atoms with Crippen molar-refractivity contribution in [2.75, 3.05) is 0 Å². The van der Waals surface area contributed by atoms with Crippen molar-refractivity contribution in [3.8, 4) is 0 Å². The highest BCUT2D eigenvalue weighted by molar-refractivity contribution is 6.80. The van der Waals surface area contributed by atoms with Crippen molar-refractivity contribution in [3.63, 3.8) is 0 Å². The van der Waals surface area contributed by atoms with Crippen LogP contribution in [-0.2, 0) is 0 Å². The summed E-state index contributed by atoms with van der Waals surface area (Å²) in [7, 11) is -0.695. The van der Waals surface area contributed by atoms with Crippen LogP contribution < -0.4 is 0 Å². The highest BCUT2D eigenvalue weighted by Gasteiger charge is 2.35. The fourth-order valence-electron chi connectivity index (χ4n) is 3.08. The van der Waals surface area contributed by atoms with Gasteiger partial charge in [-0.15, -0.1) is 0 Å². The van der Waals surface area contributed by atoms with E-state index in [2.05, 4.69) is 20.8 Å². The first-order chi connectivity index (χ1) is 5.68. The molecule has 0 radical (unpaired) electrons. The van der Waals surface area contributed by atoms with Crippen LogP contribution in [0, 0.1) is 5.92 Å². The van der Waals surface area contributed by atoms with E-state index in [-0.39, 0.29) is 0 Å². The molecule has 1 fully saturated rings.